The molecule has 0 saturated carbocycles. The molecule has 4 heteroatoms. The number of carbonyl (C=O) groups excluding carboxylic acids is 1. The summed E-state index contributed by atoms with van der Waals surface area (Å²) in [4.78, 5) is 13.9. The van der Waals surface area contributed by atoms with Crippen molar-refractivity contribution in [1.29, 1.82) is 0 Å². The minimum atomic E-state index is -0.117. The van der Waals surface area contributed by atoms with Crippen molar-refractivity contribution in [3.05, 3.63) is 64.7 Å². The molecule has 0 unspecified atom stereocenters. The van der Waals surface area contributed by atoms with E-state index < -0.39 is 0 Å². The molecule has 0 radical (unpaired) electrons. The first-order valence-corrected chi connectivity index (χ1v) is 6.30. The molecule has 0 aliphatic heterocycles. The summed E-state index contributed by atoms with van der Waals surface area (Å²) < 4.78 is 0. The van der Waals surface area contributed by atoms with Gasteiger partial charge in [0.2, 0.25) is 0 Å². The Morgan fingerprint density at radius 2 is 1.89 bits per heavy atom. The maximum Gasteiger partial charge on any atom is 0.255 e. The minimum absolute atomic E-state index is 0.117. The highest BCUT2D eigenvalue weighted by molar-refractivity contribution is 6.34. The van der Waals surface area contributed by atoms with E-state index in [4.69, 9.17) is 17.3 Å². The number of hydrogen-bond acceptors (Lipinski definition) is 2. The highest BCUT2D eigenvalue weighted by Crippen LogP contribution is 2.21. The molecule has 3 nitrogen and oxygen atoms in total. The number of anilines is 1. The van der Waals surface area contributed by atoms with Gasteiger partial charge in [-0.2, -0.15) is 0 Å². The fourth-order valence-electron chi connectivity index (χ4n) is 1.84. The van der Waals surface area contributed by atoms with Crippen molar-refractivity contribution >= 4 is 23.2 Å². The van der Waals surface area contributed by atoms with Crippen LogP contribution in [0.15, 0.2) is 48.5 Å². The third-order valence-corrected chi connectivity index (χ3v) is 3.15. The molecule has 2 aromatic rings. The summed E-state index contributed by atoms with van der Waals surface area (Å²) in [5.74, 6) is -0.117. The lowest BCUT2D eigenvalue weighted by Gasteiger charge is -2.18. The van der Waals surface area contributed by atoms with Crippen LogP contribution in [0.2, 0.25) is 5.02 Å². The van der Waals surface area contributed by atoms with Gasteiger partial charge in [-0.3, -0.25) is 4.79 Å². The van der Waals surface area contributed by atoms with E-state index in [1.807, 2.05) is 30.3 Å². The predicted molar refractivity (Wildman–Crippen MR) is 78.1 cm³/mol. The Bertz CT molecular complexity index is 584. The summed E-state index contributed by atoms with van der Waals surface area (Å²) in [5.41, 5.74) is 7.71. The Labute approximate surface area is 117 Å². The third-order valence-electron chi connectivity index (χ3n) is 2.83. The number of halogens is 1. The SMILES string of the molecule is CN(Cc1ccccc1)C(=O)c1ccc(N)cc1Cl. The fourth-order valence-corrected chi connectivity index (χ4v) is 2.11. The molecule has 2 aromatic carbocycles. The van der Waals surface area contributed by atoms with Crippen LogP contribution in [-0.2, 0) is 6.54 Å². The second-order valence-electron chi connectivity index (χ2n) is 4.39. The molecular weight excluding hydrogens is 260 g/mol. The molecule has 0 bridgehead atoms. The van der Waals surface area contributed by atoms with E-state index in [0.717, 1.165) is 5.56 Å². The molecule has 2 N–H and O–H groups in total. The van der Waals surface area contributed by atoms with Gasteiger partial charge in [-0.25, -0.2) is 0 Å². The average Bonchev–Trinajstić information content (AvgIpc) is 2.39. The van der Waals surface area contributed by atoms with Gasteiger partial charge in [0.05, 0.1) is 10.6 Å². The maximum atomic E-state index is 12.3. The maximum absolute atomic E-state index is 12.3. The highest BCUT2D eigenvalue weighted by atomic mass is 35.5. The summed E-state index contributed by atoms with van der Waals surface area (Å²) >= 11 is 6.04. The zero-order valence-electron chi connectivity index (χ0n) is 10.6. The second kappa shape index (κ2) is 5.76. The molecule has 0 saturated heterocycles. The van der Waals surface area contributed by atoms with E-state index in [2.05, 4.69) is 0 Å². The quantitative estimate of drug-likeness (QED) is 0.874. The van der Waals surface area contributed by atoms with Gasteiger partial charge in [0.1, 0.15) is 0 Å². The smallest absolute Gasteiger partial charge is 0.255 e. The van der Waals surface area contributed by atoms with Crippen LogP contribution in [0.5, 0.6) is 0 Å². The van der Waals surface area contributed by atoms with Crippen LogP contribution in [0.25, 0.3) is 0 Å². The first kappa shape index (κ1) is 13.4. The van der Waals surface area contributed by atoms with Gasteiger partial charge in [0.25, 0.3) is 5.91 Å². The molecule has 2 rings (SSSR count). The predicted octanol–water partition coefficient (Wildman–Crippen LogP) is 3.19. The molecule has 0 heterocycles. The molecular formula is C15H15ClN2O. The first-order chi connectivity index (χ1) is 9.08. The number of benzene rings is 2. The van der Waals surface area contributed by atoms with Crippen LogP contribution in [0.1, 0.15) is 15.9 Å². The molecule has 1 amide bonds. The fraction of sp³-hybridized carbons (Fsp3) is 0.133. The van der Waals surface area contributed by atoms with E-state index in [1.54, 1.807) is 30.1 Å². The standard InChI is InChI=1S/C15H15ClN2O/c1-18(10-11-5-3-2-4-6-11)15(19)13-8-7-12(17)9-14(13)16/h2-9H,10,17H2,1H3. The van der Waals surface area contributed by atoms with Crippen LogP contribution < -0.4 is 5.73 Å². The van der Waals surface area contributed by atoms with Crippen molar-refractivity contribution in [1.82, 2.24) is 4.90 Å². The number of nitrogens with zero attached hydrogens (tertiary/aromatic N) is 1. The first-order valence-electron chi connectivity index (χ1n) is 5.92. The highest BCUT2D eigenvalue weighted by Gasteiger charge is 2.15. The molecule has 19 heavy (non-hydrogen) atoms. The van der Waals surface area contributed by atoms with E-state index in [-0.39, 0.29) is 5.91 Å². The van der Waals surface area contributed by atoms with Crippen LogP contribution in [0.3, 0.4) is 0 Å². The number of amides is 1. The molecule has 98 valence electrons. The summed E-state index contributed by atoms with van der Waals surface area (Å²) in [6.45, 7) is 0.542. The molecule has 0 atom stereocenters. The summed E-state index contributed by atoms with van der Waals surface area (Å²) in [6.07, 6.45) is 0. The Balaban J connectivity index is 2.15. The van der Waals surface area contributed by atoms with Gasteiger partial charge >= 0.3 is 0 Å². The summed E-state index contributed by atoms with van der Waals surface area (Å²) in [5, 5.41) is 0.380. The van der Waals surface area contributed by atoms with Gasteiger partial charge in [-0.1, -0.05) is 41.9 Å². The van der Waals surface area contributed by atoms with Crippen LogP contribution >= 0.6 is 11.6 Å². The lowest BCUT2D eigenvalue weighted by molar-refractivity contribution is 0.0785. The van der Waals surface area contributed by atoms with Gasteiger partial charge < -0.3 is 10.6 Å². The van der Waals surface area contributed by atoms with Crippen molar-refractivity contribution in [3.8, 4) is 0 Å². The summed E-state index contributed by atoms with van der Waals surface area (Å²) in [7, 11) is 1.75. The topological polar surface area (TPSA) is 46.3 Å². The van der Waals surface area contributed by atoms with Gasteiger partial charge in [-0.05, 0) is 23.8 Å². The second-order valence-corrected chi connectivity index (χ2v) is 4.79. The Morgan fingerprint density at radius 1 is 1.21 bits per heavy atom. The lowest BCUT2D eigenvalue weighted by Crippen LogP contribution is -2.26. The number of nitrogens with two attached hydrogens (primary N) is 1. The monoisotopic (exact) mass is 274 g/mol. The van der Waals surface area contributed by atoms with Crippen molar-refractivity contribution in [2.45, 2.75) is 6.54 Å². The molecule has 0 spiro atoms. The molecule has 0 aliphatic rings. The largest absolute Gasteiger partial charge is 0.399 e. The normalized spacial score (nSPS) is 10.2. The number of nitrogen functional groups attached to an aromatic ring is 1. The zero-order chi connectivity index (χ0) is 13.8. The molecule has 0 fully saturated rings. The van der Waals surface area contributed by atoms with Gasteiger partial charge in [-0.15, -0.1) is 0 Å². The van der Waals surface area contributed by atoms with Gasteiger partial charge in [0.15, 0.2) is 0 Å². The van der Waals surface area contributed by atoms with Crippen molar-refractivity contribution in [3.63, 3.8) is 0 Å². The number of hydrogen-bond donors (Lipinski definition) is 1. The van der Waals surface area contributed by atoms with Crippen LogP contribution in [0.4, 0.5) is 5.69 Å². The Morgan fingerprint density at radius 3 is 2.53 bits per heavy atom. The van der Waals surface area contributed by atoms with Crippen molar-refractivity contribution in [2.24, 2.45) is 0 Å². The van der Waals surface area contributed by atoms with E-state index in [1.165, 1.54) is 0 Å². The lowest BCUT2D eigenvalue weighted by atomic mass is 10.1. The van der Waals surface area contributed by atoms with Crippen LogP contribution in [0, 0.1) is 0 Å². The van der Waals surface area contributed by atoms with Crippen molar-refractivity contribution in [2.75, 3.05) is 12.8 Å². The van der Waals surface area contributed by atoms with E-state index >= 15 is 0 Å². The minimum Gasteiger partial charge on any atom is -0.399 e. The molecule has 0 aliphatic carbocycles. The summed E-state index contributed by atoms with van der Waals surface area (Å²) in [6, 6.07) is 14.7. The number of carbonyl (C=O) groups is 1. The van der Waals surface area contributed by atoms with Crippen LogP contribution in [-0.4, -0.2) is 17.9 Å². The third kappa shape index (κ3) is 3.26. The number of rotatable bonds is 3. The van der Waals surface area contributed by atoms with E-state index in [0.29, 0.717) is 22.8 Å². The van der Waals surface area contributed by atoms with E-state index in [9.17, 15) is 4.79 Å². The van der Waals surface area contributed by atoms with Gasteiger partial charge in [0, 0.05) is 19.3 Å². The molecule has 0 aromatic heterocycles. The zero-order valence-corrected chi connectivity index (χ0v) is 11.4. The Hall–Kier alpha value is -2.00. The Kier molecular flexibility index (Phi) is 4.07. The van der Waals surface area contributed by atoms with Crippen molar-refractivity contribution < 1.29 is 4.79 Å². The average molecular weight is 275 g/mol.